The first-order valence-electron chi connectivity index (χ1n) is 14.7. The van der Waals surface area contributed by atoms with E-state index in [1.54, 1.807) is 0 Å². The lowest BCUT2D eigenvalue weighted by molar-refractivity contribution is -0.274. The number of phenolic OH excluding ortho intramolecular Hbond substituents is 2. The van der Waals surface area contributed by atoms with Gasteiger partial charge in [-0.1, -0.05) is 48.5 Å². The van der Waals surface area contributed by atoms with Crippen molar-refractivity contribution < 1.29 is 80.8 Å². The van der Waals surface area contributed by atoms with Gasteiger partial charge in [-0.25, -0.2) is 0 Å². The van der Waals surface area contributed by atoms with Crippen molar-refractivity contribution >= 4 is 20.2 Å². The normalized spacial score (nSPS) is 13.5. The summed E-state index contributed by atoms with van der Waals surface area (Å²) in [6.07, 6.45) is -11.6. The quantitative estimate of drug-likeness (QED) is 0.0636. The van der Waals surface area contributed by atoms with E-state index in [0.717, 1.165) is 48.5 Å². The third kappa shape index (κ3) is 7.07. The van der Waals surface area contributed by atoms with Crippen LogP contribution in [0, 0.1) is 27.7 Å². The van der Waals surface area contributed by atoms with Crippen molar-refractivity contribution in [3.63, 3.8) is 0 Å². The van der Waals surface area contributed by atoms with Crippen molar-refractivity contribution in [3.8, 4) is 23.0 Å². The van der Waals surface area contributed by atoms with Crippen molar-refractivity contribution in [2.75, 3.05) is 0 Å². The lowest BCUT2D eigenvalue weighted by atomic mass is 9.64. The zero-order valence-corrected chi connectivity index (χ0v) is 29.1. The van der Waals surface area contributed by atoms with Gasteiger partial charge < -0.3 is 19.7 Å². The van der Waals surface area contributed by atoms with Crippen LogP contribution >= 0.6 is 0 Å². The minimum absolute atomic E-state index is 0.0561. The van der Waals surface area contributed by atoms with Crippen molar-refractivity contribution in [2.24, 2.45) is 0 Å². The molecule has 0 bridgehead atoms. The van der Waals surface area contributed by atoms with E-state index < -0.39 is 59.9 Å². The number of hydrogen-bond donors (Lipinski definition) is 4. The first-order chi connectivity index (χ1) is 24.0. The summed E-state index contributed by atoms with van der Waals surface area (Å²) in [5.41, 5.74) is -0.0586. The van der Waals surface area contributed by atoms with E-state index in [9.17, 15) is 62.2 Å². The Morgan fingerprint density at radius 1 is 0.472 bits per heavy atom. The Labute approximate surface area is 296 Å². The Balaban J connectivity index is 2.04. The van der Waals surface area contributed by atoms with E-state index in [1.165, 1.54) is 52.0 Å². The van der Waals surface area contributed by atoms with Gasteiger partial charge in [0.15, 0.2) is 0 Å². The number of ether oxygens (including phenoxy) is 2. The number of hydrogen-bond acceptors (Lipinski definition) is 8. The lowest BCUT2D eigenvalue weighted by Gasteiger charge is -2.38. The molecule has 0 heterocycles. The summed E-state index contributed by atoms with van der Waals surface area (Å²) in [5.74, 6) is -2.37. The van der Waals surface area contributed by atoms with Crippen molar-refractivity contribution in [1.82, 2.24) is 0 Å². The SMILES string of the molecule is Cc1cc(C(c2ccc(OC(F)(F)C(F)(F)S(=O)(=O)O)cc2)(c2ccc(OC(F)(F)C(F)(F)S(=O)(=O)O)cc2)c2cc(C)c(O)c(C)c2)cc(C)c1O. The van der Waals surface area contributed by atoms with E-state index in [1.807, 2.05) is 0 Å². The van der Waals surface area contributed by atoms with E-state index >= 15 is 0 Å². The second-order valence-corrected chi connectivity index (χ2v) is 14.9. The largest absolute Gasteiger partial charge is 0.507 e. The molecule has 0 aliphatic carbocycles. The highest BCUT2D eigenvalue weighted by Crippen LogP contribution is 2.50. The van der Waals surface area contributed by atoms with Gasteiger partial charge in [-0.15, -0.1) is 0 Å². The van der Waals surface area contributed by atoms with Crippen LogP contribution in [0.1, 0.15) is 44.5 Å². The molecule has 0 saturated heterocycles. The minimum Gasteiger partial charge on any atom is -0.507 e. The van der Waals surface area contributed by atoms with Crippen LogP contribution in [-0.2, 0) is 25.7 Å². The van der Waals surface area contributed by atoms with Crippen molar-refractivity contribution in [3.05, 3.63) is 117 Å². The monoisotopic (exact) mass is 800 g/mol. The molecule has 0 spiro atoms. The van der Waals surface area contributed by atoms with Crippen LogP contribution in [0.25, 0.3) is 0 Å². The van der Waals surface area contributed by atoms with Gasteiger partial charge in [0.1, 0.15) is 23.0 Å². The predicted octanol–water partition coefficient (Wildman–Crippen LogP) is 7.62. The van der Waals surface area contributed by atoms with Crippen molar-refractivity contribution in [1.29, 1.82) is 0 Å². The van der Waals surface area contributed by atoms with Gasteiger partial charge in [-0.05, 0) is 96.5 Å². The molecule has 0 amide bonds. The summed E-state index contributed by atoms with van der Waals surface area (Å²) in [6.45, 7) is 6.03. The maximum absolute atomic E-state index is 14.3. The Kier molecular flexibility index (Phi) is 10.3. The third-order valence-corrected chi connectivity index (χ3v) is 10.0. The number of aryl methyl sites for hydroxylation is 4. The summed E-state index contributed by atoms with van der Waals surface area (Å²) in [5, 5.41) is 9.06. The summed E-state index contributed by atoms with van der Waals surface area (Å²) in [4.78, 5) is 0. The Hall–Kier alpha value is -4.66. The summed E-state index contributed by atoms with van der Waals surface area (Å²) < 4.78 is 182. The molecule has 20 heteroatoms. The summed E-state index contributed by atoms with van der Waals surface area (Å²) >= 11 is 0. The van der Waals surface area contributed by atoms with Crippen LogP contribution in [-0.4, -0.2) is 58.9 Å². The minimum atomic E-state index is -6.66. The Morgan fingerprint density at radius 2 is 0.717 bits per heavy atom. The fraction of sp³-hybridized carbons (Fsp3) is 0.273. The molecule has 288 valence electrons. The average Bonchev–Trinajstić information content (AvgIpc) is 3.02. The Bertz CT molecular complexity index is 2050. The summed E-state index contributed by atoms with van der Waals surface area (Å²) in [6, 6.07) is 13.1. The first kappa shape index (κ1) is 41.1. The third-order valence-electron chi connectivity index (χ3n) is 8.24. The molecule has 4 aromatic carbocycles. The molecule has 4 N–H and O–H groups in total. The number of aromatic hydroxyl groups is 2. The topological polar surface area (TPSA) is 168 Å². The molecule has 0 aromatic heterocycles. The van der Waals surface area contributed by atoms with Gasteiger partial charge in [0.05, 0.1) is 5.41 Å². The molecular weight excluding hydrogens is 772 g/mol. The second kappa shape index (κ2) is 13.3. The lowest BCUT2D eigenvalue weighted by Crippen LogP contribution is -2.50. The van der Waals surface area contributed by atoms with E-state index in [2.05, 4.69) is 9.47 Å². The molecule has 0 fully saturated rings. The summed E-state index contributed by atoms with van der Waals surface area (Å²) in [7, 11) is -13.3. The molecule has 0 aliphatic heterocycles. The molecule has 0 saturated carbocycles. The number of halogens is 8. The van der Waals surface area contributed by atoms with Crippen LogP contribution < -0.4 is 9.47 Å². The van der Waals surface area contributed by atoms with Gasteiger partial charge in [0.25, 0.3) is 0 Å². The molecular formula is C33H28F8O10S2. The molecule has 0 atom stereocenters. The molecule has 4 aromatic rings. The van der Waals surface area contributed by atoms with Crippen LogP contribution in [0.5, 0.6) is 23.0 Å². The molecule has 0 radical (unpaired) electrons. The van der Waals surface area contributed by atoms with Gasteiger partial charge in [0.2, 0.25) is 0 Å². The van der Waals surface area contributed by atoms with E-state index in [4.69, 9.17) is 9.11 Å². The zero-order chi connectivity index (χ0) is 40.3. The van der Waals surface area contributed by atoms with E-state index in [-0.39, 0.29) is 56.0 Å². The maximum atomic E-state index is 14.3. The smallest absolute Gasteiger partial charge is 0.483 e. The molecule has 0 unspecified atom stereocenters. The first-order valence-corrected chi connectivity index (χ1v) is 17.5. The fourth-order valence-electron chi connectivity index (χ4n) is 5.61. The highest BCUT2D eigenvalue weighted by atomic mass is 32.2. The van der Waals surface area contributed by atoms with Crippen LogP contribution in [0.15, 0.2) is 72.8 Å². The number of rotatable bonds is 12. The Morgan fingerprint density at radius 3 is 0.943 bits per heavy atom. The standard InChI is InChI=1S/C33H28F8O10S2/c1-17-13-23(14-18(2)27(17)42)29(24-15-19(3)28(43)20(4)16-24,21-5-9-25(10-6-21)50-30(34,35)32(38,39)52(44,45)46)22-7-11-26(12-8-22)51-31(36,37)33(40,41)53(47,48)49/h5-16,42-43H,1-4H3,(H,44,45,46)(H,47,48,49). The molecule has 0 aliphatic rings. The zero-order valence-electron chi connectivity index (χ0n) is 27.5. The van der Waals surface area contributed by atoms with Gasteiger partial charge in [0, 0.05) is 0 Å². The highest BCUT2D eigenvalue weighted by Gasteiger charge is 2.70. The fourth-order valence-corrected chi connectivity index (χ4v) is 6.29. The second-order valence-electron chi connectivity index (χ2n) is 11.9. The van der Waals surface area contributed by atoms with Gasteiger partial charge >= 0.3 is 43.0 Å². The molecule has 53 heavy (non-hydrogen) atoms. The predicted molar refractivity (Wildman–Crippen MR) is 171 cm³/mol. The van der Waals surface area contributed by atoms with E-state index in [0.29, 0.717) is 0 Å². The maximum Gasteiger partial charge on any atom is 0.483 e. The average molecular weight is 801 g/mol. The van der Waals surface area contributed by atoms with Gasteiger partial charge in [-0.2, -0.15) is 52.0 Å². The van der Waals surface area contributed by atoms with Crippen LogP contribution in [0.2, 0.25) is 0 Å². The number of alkyl halides is 8. The number of benzene rings is 4. The molecule has 10 nitrogen and oxygen atoms in total. The van der Waals surface area contributed by atoms with Crippen molar-refractivity contribution in [2.45, 2.75) is 55.8 Å². The highest BCUT2D eigenvalue weighted by molar-refractivity contribution is 7.87. The van der Waals surface area contributed by atoms with Gasteiger partial charge in [-0.3, -0.25) is 9.11 Å². The molecule has 4 rings (SSSR count). The van der Waals surface area contributed by atoms with Crippen LogP contribution in [0.4, 0.5) is 35.1 Å². The van der Waals surface area contributed by atoms with Crippen LogP contribution in [0.3, 0.4) is 0 Å². The number of phenols is 2.